The van der Waals surface area contributed by atoms with Crippen LogP contribution in [0.25, 0.3) is 0 Å². The lowest BCUT2D eigenvalue weighted by Gasteiger charge is -2.30. The third kappa shape index (κ3) is 4.78. The summed E-state index contributed by atoms with van der Waals surface area (Å²) in [4.78, 5) is 18.7. The summed E-state index contributed by atoms with van der Waals surface area (Å²) in [5.74, 6) is 0.330. The number of rotatable bonds is 5. The predicted octanol–water partition coefficient (Wildman–Crippen LogP) is 2.30. The van der Waals surface area contributed by atoms with Crippen LogP contribution in [0.4, 0.5) is 5.69 Å². The van der Waals surface area contributed by atoms with Gasteiger partial charge >= 0.3 is 0 Å². The molecule has 1 atom stereocenters. The Morgan fingerprint density at radius 3 is 3.00 bits per heavy atom. The fourth-order valence-electron chi connectivity index (χ4n) is 3.02. The molecule has 0 saturated carbocycles. The Balaban J connectivity index is 1.64. The second-order valence-corrected chi connectivity index (χ2v) is 6.27. The number of hydrogen-bond acceptors (Lipinski definition) is 5. The summed E-state index contributed by atoms with van der Waals surface area (Å²) in [5.41, 5.74) is 2.29. The molecule has 0 bridgehead atoms. The molecule has 1 aliphatic heterocycles. The molecule has 0 aliphatic carbocycles. The smallest absolute Gasteiger partial charge is 0.255 e. The van der Waals surface area contributed by atoms with E-state index < -0.39 is 0 Å². The van der Waals surface area contributed by atoms with Crippen molar-refractivity contribution in [2.75, 3.05) is 25.5 Å². The largest absolute Gasteiger partial charge is 0.481 e. The lowest BCUT2D eigenvalue weighted by molar-refractivity contribution is 0.0668. The van der Waals surface area contributed by atoms with Crippen molar-refractivity contribution >= 4 is 11.6 Å². The molecule has 1 fully saturated rings. The number of pyridine rings is 1. The molecule has 0 spiro atoms. The molecule has 2 heterocycles. The predicted molar refractivity (Wildman–Crippen MR) is 95.7 cm³/mol. The van der Waals surface area contributed by atoms with E-state index in [0.717, 1.165) is 31.5 Å². The normalized spacial score (nSPS) is 17.9. The van der Waals surface area contributed by atoms with Crippen LogP contribution in [0, 0.1) is 0 Å². The lowest BCUT2D eigenvalue weighted by Crippen LogP contribution is -2.37. The fraction of sp³-hybridized carbons (Fsp3) is 0.368. The van der Waals surface area contributed by atoms with Gasteiger partial charge in [-0.25, -0.2) is 4.98 Å². The molecule has 1 aromatic carbocycles. The van der Waals surface area contributed by atoms with E-state index in [9.17, 15) is 9.90 Å². The van der Waals surface area contributed by atoms with Gasteiger partial charge in [0.25, 0.3) is 5.91 Å². The van der Waals surface area contributed by atoms with Crippen molar-refractivity contribution in [3.05, 3.63) is 53.7 Å². The van der Waals surface area contributed by atoms with E-state index >= 15 is 0 Å². The maximum Gasteiger partial charge on any atom is 0.255 e. The SMILES string of the molecule is COc1ccc(NC(=O)c2cccc(CN3CCC[C@H](O)C3)c2)cn1. The van der Waals surface area contributed by atoms with Gasteiger partial charge in [0.05, 0.1) is 25.1 Å². The number of β-amino-alcohol motifs (C(OH)–C–C–N with tert-alkyl or cyclic N) is 1. The van der Waals surface area contributed by atoms with Crippen LogP contribution in [0.1, 0.15) is 28.8 Å². The average Bonchev–Trinajstić information content (AvgIpc) is 2.62. The van der Waals surface area contributed by atoms with Gasteiger partial charge in [0.1, 0.15) is 0 Å². The Bertz CT molecular complexity index is 718. The first-order chi connectivity index (χ1) is 12.1. The first-order valence-electron chi connectivity index (χ1n) is 8.45. The first kappa shape index (κ1) is 17.4. The Kier molecular flexibility index (Phi) is 5.63. The van der Waals surface area contributed by atoms with Gasteiger partial charge in [-0.05, 0) is 43.1 Å². The number of benzene rings is 1. The minimum absolute atomic E-state index is 0.174. The number of nitrogens with one attached hydrogen (secondary N) is 1. The van der Waals surface area contributed by atoms with Crippen molar-refractivity contribution in [3.8, 4) is 5.88 Å². The van der Waals surface area contributed by atoms with Crippen molar-refractivity contribution in [2.24, 2.45) is 0 Å². The zero-order chi connectivity index (χ0) is 17.6. The average molecular weight is 341 g/mol. The van der Waals surface area contributed by atoms with Gasteiger partial charge in [0.2, 0.25) is 5.88 Å². The second kappa shape index (κ2) is 8.09. The molecule has 6 heteroatoms. The Hall–Kier alpha value is -2.44. The number of methoxy groups -OCH3 is 1. The van der Waals surface area contributed by atoms with E-state index in [2.05, 4.69) is 15.2 Å². The standard InChI is InChI=1S/C19H23N3O3/c1-25-18-8-7-16(11-20-18)21-19(24)15-5-2-4-14(10-15)12-22-9-3-6-17(23)13-22/h2,4-5,7-8,10-11,17,23H,3,6,9,12-13H2,1H3,(H,21,24)/t17-/m0/s1. The first-order valence-corrected chi connectivity index (χ1v) is 8.45. The Morgan fingerprint density at radius 2 is 2.28 bits per heavy atom. The van der Waals surface area contributed by atoms with E-state index in [0.29, 0.717) is 23.7 Å². The van der Waals surface area contributed by atoms with Crippen LogP contribution >= 0.6 is 0 Å². The number of aromatic nitrogens is 1. The van der Waals surface area contributed by atoms with E-state index in [-0.39, 0.29) is 12.0 Å². The summed E-state index contributed by atoms with van der Waals surface area (Å²) < 4.78 is 5.01. The third-order valence-corrected chi connectivity index (χ3v) is 4.28. The number of hydrogen-bond donors (Lipinski definition) is 2. The highest BCUT2D eigenvalue weighted by molar-refractivity contribution is 6.04. The molecule has 25 heavy (non-hydrogen) atoms. The zero-order valence-electron chi connectivity index (χ0n) is 14.3. The number of piperidine rings is 1. The van der Waals surface area contributed by atoms with Crippen molar-refractivity contribution in [1.82, 2.24) is 9.88 Å². The number of carbonyl (C=O) groups is 1. The molecule has 6 nitrogen and oxygen atoms in total. The molecule has 1 aromatic heterocycles. The Morgan fingerprint density at radius 1 is 1.40 bits per heavy atom. The highest BCUT2D eigenvalue weighted by Gasteiger charge is 2.18. The minimum Gasteiger partial charge on any atom is -0.481 e. The number of amides is 1. The summed E-state index contributed by atoms with van der Waals surface area (Å²) >= 11 is 0. The second-order valence-electron chi connectivity index (χ2n) is 6.27. The number of anilines is 1. The summed E-state index contributed by atoms with van der Waals surface area (Å²) in [7, 11) is 1.55. The molecular weight excluding hydrogens is 318 g/mol. The van der Waals surface area contributed by atoms with Crippen LogP contribution < -0.4 is 10.1 Å². The molecule has 2 aromatic rings. The van der Waals surface area contributed by atoms with Gasteiger partial charge in [-0.1, -0.05) is 12.1 Å². The third-order valence-electron chi connectivity index (χ3n) is 4.28. The van der Waals surface area contributed by atoms with Gasteiger partial charge in [0, 0.05) is 24.7 Å². The number of aliphatic hydroxyl groups is 1. The van der Waals surface area contributed by atoms with Crippen molar-refractivity contribution in [1.29, 1.82) is 0 Å². The lowest BCUT2D eigenvalue weighted by atomic mass is 10.1. The van der Waals surface area contributed by atoms with Crippen LogP contribution in [0.5, 0.6) is 5.88 Å². The Labute approximate surface area is 147 Å². The monoisotopic (exact) mass is 341 g/mol. The quantitative estimate of drug-likeness (QED) is 0.873. The number of carbonyl (C=O) groups excluding carboxylic acids is 1. The summed E-state index contributed by atoms with van der Waals surface area (Å²) in [5, 5.41) is 12.6. The summed E-state index contributed by atoms with van der Waals surface area (Å²) in [6.45, 7) is 2.40. The van der Waals surface area contributed by atoms with Gasteiger partial charge in [-0.3, -0.25) is 9.69 Å². The summed E-state index contributed by atoms with van der Waals surface area (Å²) in [6.07, 6.45) is 3.19. The molecule has 0 radical (unpaired) electrons. The van der Waals surface area contributed by atoms with Crippen LogP contribution in [0.2, 0.25) is 0 Å². The number of ether oxygens (including phenoxy) is 1. The van der Waals surface area contributed by atoms with Crippen molar-refractivity contribution in [3.63, 3.8) is 0 Å². The highest BCUT2D eigenvalue weighted by atomic mass is 16.5. The van der Waals surface area contributed by atoms with E-state index in [1.807, 2.05) is 18.2 Å². The van der Waals surface area contributed by atoms with Crippen LogP contribution in [-0.2, 0) is 6.54 Å². The molecule has 0 unspecified atom stereocenters. The van der Waals surface area contributed by atoms with Crippen molar-refractivity contribution < 1.29 is 14.6 Å². The van der Waals surface area contributed by atoms with Gasteiger partial charge in [-0.15, -0.1) is 0 Å². The maximum atomic E-state index is 12.4. The van der Waals surface area contributed by atoms with Crippen LogP contribution in [-0.4, -0.2) is 47.2 Å². The number of likely N-dealkylation sites (tertiary alicyclic amines) is 1. The van der Waals surface area contributed by atoms with Crippen molar-refractivity contribution in [2.45, 2.75) is 25.5 Å². The van der Waals surface area contributed by atoms with Crippen LogP contribution in [0.15, 0.2) is 42.6 Å². The molecule has 1 amide bonds. The topological polar surface area (TPSA) is 74.7 Å². The molecule has 2 N–H and O–H groups in total. The molecule has 3 rings (SSSR count). The van der Waals surface area contributed by atoms with E-state index in [1.165, 1.54) is 0 Å². The highest BCUT2D eigenvalue weighted by Crippen LogP contribution is 2.16. The number of aliphatic hydroxyl groups excluding tert-OH is 1. The fourth-order valence-corrected chi connectivity index (χ4v) is 3.02. The summed E-state index contributed by atoms with van der Waals surface area (Å²) in [6, 6.07) is 11.0. The number of nitrogens with zero attached hydrogens (tertiary/aromatic N) is 2. The van der Waals surface area contributed by atoms with Gasteiger partial charge in [-0.2, -0.15) is 0 Å². The molecular formula is C19H23N3O3. The molecule has 1 aliphatic rings. The molecule has 132 valence electrons. The van der Waals surface area contributed by atoms with Gasteiger partial charge < -0.3 is 15.2 Å². The van der Waals surface area contributed by atoms with Crippen LogP contribution in [0.3, 0.4) is 0 Å². The minimum atomic E-state index is -0.247. The van der Waals surface area contributed by atoms with E-state index in [1.54, 1.807) is 31.5 Å². The maximum absolute atomic E-state index is 12.4. The zero-order valence-corrected chi connectivity index (χ0v) is 14.3. The molecule has 1 saturated heterocycles. The van der Waals surface area contributed by atoms with E-state index in [4.69, 9.17) is 4.74 Å². The van der Waals surface area contributed by atoms with Gasteiger partial charge in [0.15, 0.2) is 0 Å².